The lowest BCUT2D eigenvalue weighted by molar-refractivity contribution is 0.556. The van der Waals surface area contributed by atoms with Crippen molar-refractivity contribution in [1.82, 2.24) is 15.6 Å². The number of aromatic nitrogens is 1. The van der Waals surface area contributed by atoms with Crippen molar-refractivity contribution in [2.75, 3.05) is 13.6 Å². The molecule has 0 spiro atoms. The first-order valence-electron chi connectivity index (χ1n) is 7.30. The van der Waals surface area contributed by atoms with Crippen LogP contribution in [0.3, 0.4) is 0 Å². The van der Waals surface area contributed by atoms with Crippen LogP contribution in [-0.2, 0) is 6.54 Å². The van der Waals surface area contributed by atoms with Gasteiger partial charge >= 0.3 is 0 Å². The summed E-state index contributed by atoms with van der Waals surface area (Å²) in [5.74, 6) is -0.591. The summed E-state index contributed by atoms with van der Waals surface area (Å²) in [6.45, 7) is 4.95. The number of nitrogens with one attached hydrogen (secondary N) is 2. The number of thiazole rings is 1. The molecule has 2 aromatic rings. The Balaban J connectivity index is 0.00000288. The zero-order valence-corrected chi connectivity index (χ0v) is 16.9. The van der Waals surface area contributed by atoms with Crippen molar-refractivity contribution in [3.63, 3.8) is 0 Å². The standard InChI is InChI=1S/C16H20F2N4S.HI/c1-10(13-5-4-12(17)6-14(13)18)7-21-16(19-3)22-9-15-20-8-11(2)23-15;/h4-6,8,10H,7,9H2,1-3H3,(H2,19,21,22);1H. The third kappa shape index (κ3) is 5.97. The van der Waals surface area contributed by atoms with Gasteiger partial charge in [0.25, 0.3) is 0 Å². The minimum Gasteiger partial charge on any atom is -0.356 e. The molecule has 1 heterocycles. The van der Waals surface area contributed by atoms with Gasteiger partial charge in [-0.05, 0) is 18.6 Å². The molecule has 2 rings (SSSR count). The number of rotatable bonds is 5. The number of halogens is 3. The predicted octanol–water partition coefficient (Wildman–Crippen LogP) is 3.82. The van der Waals surface area contributed by atoms with E-state index >= 15 is 0 Å². The molecule has 0 aliphatic heterocycles. The second kappa shape index (κ2) is 9.87. The predicted molar refractivity (Wildman–Crippen MR) is 105 cm³/mol. The highest BCUT2D eigenvalue weighted by atomic mass is 127. The lowest BCUT2D eigenvalue weighted by Crippen LogP contribution is -2.38. The zero-order valence-electron chi connectivity index (χ0n) is 13.8. The maximum Gasteiger partial charge on any atom is 0.191 e. The van der Waals surface area contributed by atoms with Crippen LogP contribution in [0.1, 0.15) is 28.3 Å². The van der Waals surface area contributed by atoms with Gasteiger partial charge in [-0.15, -0.1) is 35.3 Å². The third-order valence-corrected chi connectivity index (χ3v) is 4.28. The zero-order chi connectivity index (χ0) is 16.8. The van der Waals surface area contributed by atoms with Gasteiger partial charge in [0.05, 0.1) is 6.54 Å². The molecule has 0 fully saturated rings. The van der Waals surface area contributed by atoms with E-state index < -0.39 is 11.6 Å². The number of hydrogen-bond donors (Lipinski definition) is 2. The first-order valence-corrected chi connectivity index (χ1v) is 8.12. The molecule has 0 saturated carbocycles. The van der Waals surface area contributed by atoms with Gasteiger partial charge in [-0.2, -0.15) is 0 Å². The fraction of sp³-hybridized carbons (Fsp3) is 0.375. The summed E-state index contributed by atoms with van der Waals surface area (Å²) in [6.07, 6.45) is 1.83. The van der Waals surface area contributed by atoms with Crippen molar-refractivity contribution in [3.05, 3.63) is 51.5 Å². The average molecular weight is 466 g/mol. The number of aliphatic imine (C=N–C) groups is 1. The molecule has 0 bridgehead atoms. The molecular formula is C16H21F2IN4S. The summed E-state index contributed by atoms with van der Waals surface area (Å²) >= 11 is 1.62. The lowest BCUT2D eigenvalue weighted by atomic mass is 10.0. The van der Waals surface area contributed by atoms with Gasteiger partial charge in [0.2, 0.25) is 0 Å². The quantitative estimate of drug-likeness (QED) is 0.400. The Morgan fingerprint density at radius 2 is 2.08 bits per heavy atom. The van der Waals surface area contributed by atoms with E-state index in [0.29, 0.717) is 24.6 Å². The van der Waals surface area contributed by atoms with E-state index in [9.17, 15) is 8.78 Å². The van der Waals surface area contributed by atoms with Gasteiger partial charge in [0.1, 0.15) is 16.6 Å². The maximum atomic E-state index is 13.8. The molecule has 2 N–H and O–H groups in total. The fourth-order valence-corrected chi connectivity index (χ4v) is 2.85. The lowest BCUT2D eigenvalue weighted by Gasteiger charge is -2.16. The minimum atomic E-state index is -0.567. The number of guanidine groups is 1. The summed E-state index contributed by atoms with van der Waals surface area (Å²) in [6, 6.07) is 3.65. The van der Waals surface area contributed by atoms with Crippen LogP contribution in [0, 0.1) is 18.6 Å². The van der Waals surface area contributed by atoms with Gasteiger partial charge in [0, 0.05) is 36.7 Å². The largest absolute Gasteiger partial charge is 0.356 e. The fourth-order valence-electron chi connectivity index (χ4n) is 2.12. The van der Waals surface area contributed by atoms with Crippen LogP contribution in [0.4, 0.5) is 8.78 Å². The van der Waals surface area contributed by atoms with Crippen LogP contribution < -0.4 is 10.6 Å². The van der Waals surface area contributed by atoms with E-state index in [4.69, 9.17) is 0 Å². The molecule has 1 unspecified atom stereocenters. The molecule has 0 aliphatic carbocycles. The van der Waals surface area contributed by atoms with Crippen molar-refractivity contribution in [2.24, 2.45) is 4.99 Å². The minimum absolute atomic E-state index is 0. The molecule has 8 heteroatoms. The first-order chi connectivity index (χ1) is 11.0. The molecule has 0 radical (unpaired) electrons. The molecule has 0 amide bonds. The highest BCUT2D eigenvalue weighted by Crippen LogP contribution is 2.19. The number of benzene rings is 1. The molecular weight excluding hydrogens is 445 g/mol. The van der Waals surface area contributed by atoms with Crippen LogP contribution >= 0.6 is 35.3 Å². The van der Waals surface area contributed by atoms with Gasteiger partial charge in [0.15, 0.2) is 5.96 Å². The van der Waals surface area contributed by atoms with Crippen molar-refractivity contribution < 1.29 is 8.78 Å². The van der Waals surface area contributed by atoms with Crippen LogP contribution in [0.2, 0.25) is 0 Å². The van der Waals surface area contributed by atoms with Gasteiger partial charge in [-0.1, -0.05) is 13.0 Å². The summed E-state index contributed by atoms with van der Waals surface area (Å²) in [4.78, 5) is 9.56. The smallest absolute Gasteiger partial charge is 0.191 e. The van der Waals surface area contributed by atoms with E-state index in [1.807, 2.05) is 20.0 Å². The molecule has 1 aromatic carbocycles. The molecule has 24 heavy (non-hydrogen) atoms. The molecule has 0 saturated heterocycles. The second-order valence-corrected chi connectivity index (χ2v) is 6.56. The second-order valence-electron chi connectivity index (χ2n) is 5.24. The molecule has 0 aliphatic rings. The SMILES string of the molecule is CN=C(NCc1ncc(C)s1)NCC(C)c1ccc(F)cc1F.I. The Morgan fingerprint density at radius 1 is 1.33 bits per heavy atom. The summed E-state index contributed by atoms with van der Waals surface area (Å²) in [5, 5.41) is 7.28. The van der Waals surface area contributed by atoms with Crippen LogP contribution in [0.5, 0.6) is 0 Å². The van der Waals surface area contributed by atoms with E-state index in [1.165, 1.54) is 12.1 Å². The monoisotopic (exact) mass is 466 g/mol. The maximum absolute atomic E-state index is 13.8. The van der Waals surface area contributed by atoms with Crippen LogP contribution in [-0.4, -0.2) is 24.5 Å². The summed E-state index contributed by atoms with van der Waals surface area (Å²) in [5.41, 5.74) is 0.477. The van der Waals surface area contributed by atoms with E-state index in [-0.39, 0.29) is 29.9 Å². The third-order valence-electron chi connectivity index (χ3n) is 3.37. The van der Waals surface area contributed by atoms with Gasteiger partial charge < -0.3 is 10.6 Å². The summed E-state index contributed by atoms with van der Waals surface area (Å²) in [7, 11) is 1.67. The van der Waals surface area contributed by atoms with Gasteiger partial charge in [-0.25, -0.2) is 13.8 Å². The number of nitrogens with zero attached hydrogens (tertiary/aromatic N) is 2. The van der Waals surface area contributed by atoms with Crippen LogP contribution in [0.15, 0.2) is 29.4 Å². The topological polar surface area (TPSA) is 49.3 Å². The Labute approximate surface area is 161 Å². The van der Waals surface area contributed by atoms with E-state index in [1.54, 1.807) is 18.4 Å². The Bertz CT molecular complexity index is 690. The van der Waals surface area contributed by atoms with Crippen LogP contribution in [0.25, 0.3) is 0 Å². The normalized spacial score (nSPS) is 12.5. The Hall–Kier alpha value is -1.29. The van der Waals surface area contributed by atoms with Crippen molar-refractivity contribution >= 4 is 41.3 Å². The average Bonchev–Trinajstić information content (AvgIpc) is 2.92. The van der Waals surface area contributed by atoms with E-state index in [2.05, 4.69) is 20.6 Å². The first kappa shape index (κ1) is 20.8. The molecule has 4 nitrogen and oxygen atoms in total. The number of hydrogen-bond acceptors (Lipinski definition) is 3. The highest BCUT2D eigenvalue weighted by molar-refractivity contribution is 14.0. The molecule has 132 valence electrons. The summed E-state index contributed by atoms with van der Waals surface area (Å²) < 4.78 is 26.7. The van der Waals surface area contributed by atoms with Crippen molar-refractivity contribution in [3.8, 4) is 0 Å². The number of aryl methyl sites for hydroxylation is 1. The Morgan fingerprint density at radius 3 is 2.67 bits per heavy atom. The molecule has 1 aromatic heterocycles. The van der Waals surface area contributed by atoms with Gasteiger partial charge in [-0.3, -0.25) is 4.99 Å². The van der Waals surface area contributed by atoms with E-state index in [0.717, 1.165) is 16.0 Å². The Kier molecular flexibility index (Phi) is 8.54. The van der Waals surface area contributed by atoms with Crippen molar-refractivity contribution in [1.29, 1.82) is 0 Å². The highest BCUT2D eigenvalue weighted by Gasteiger charge is 2.12. The van der Waals surface area contributed by atoms with Crippen molar-refractivity contribution in [2.45, 2.75) is 26.3 Å². The molecule has 1 atom stereocenters.